The fraction of sp³-hybridized carbons (Fsp3) is 0.500. The third kappa shape index (κ3) is 7.66. The Kier molecular flexibility index (Phi) is 11.4. The highest BCUT2D eigenvalue weighted by Crippen LogP contribution is 2.39. The lowest BCUT2D eigenvalue weighted by Gasteiger charge is -2.27. The molecule has 0 bridgehead atoms. The second-order valence-corrected chi connectivity index (χ2v) is 14.7. The van der Waals surface area contributed by atoms with Gasteiger partial charge in [-0.15, -0.1) is 0 Å². The van der Waals surface area contributed by atoms with Crippen LogP contribution < -0.4 is 15.6 Å². The van der Waals surface area contributed by atoms with Gasteiger partial charge >= 0.3 is 0 Å². The van der Waals surface area contributed by atoms with Gasteiger partial charge in [-0.3, -0.25) is 15.1 Å². The van der Waals surface area contributed by atoms with E-state index in [-0.39, 0.29) is 12.5 Å². The zero-order valence-corrected chi connectivity index (χ0v) is 30.3. The summed E-state index contributed by atoms with van der Waals surface area (Å²) in [6.07, 6.45) is 0. The van der Waals surface area contributed by atoms with Crippen LogP contribution in [0.3, 0.4) is 0 Å². The van der Waals surface area contributed by atoms with E-state index in [2.05, 4.69) is 153 Å². The molecule has 0 aromatic heterocycles. The molecular weight excluding hydrogens is 566 g/mol. The number of carbonyl (C=O) groups excluding carboxylic acids is 1. The molecule has 1 saturated heterocycles. The van der Waals surface area contributed by atoms with Gasteiger partial charge in [0.25, 0.3) is 0 Å². The van der Waals surface area contributed by atoms with Crippen molar-refractivity contribution in [3.8, 4) is 0 Å². The van der Waals surface area contributed by atoms with Crippen LogP contribution >= 0.6 is 0 Å². The molecule has 3 aromatic rings. The molecule has 0 unspecified atom stereocenters. The highest BCUT2D eigenvalue weighted by Gasteiger charge is 2.33. The van der Waals surface area contributed by atoms with E-state index >= 15 is 0 Å². The lowest BCUT2D eigenvalue weighted by Crippen LogP contribution is -2.39. The van der Waals surface area contributed by atoms with Crippen molar-refractivity contribution in [2.24, 2.45) is 4.99 Å². The number of nitrogens with zero attached hydrogens (tertiary/aromatic N) is 3. The zero-order valence-electron chi connectivity index (χ0n) is 30.3. The molecule has 1 heterocycles. The summed E-state index contributed by atoms with van der Waals surface area (Å²) in [6.45, 7) is 27.3. The number of rotatable bonds is 11. The number of amides is 1. The van der Waals surface area contributed by atoms with Crippen LogP contribution in [0, 0.1) is 0 Å². The van der Waals surface area contributed by atoms with Crippen molar-refractivity contribution >= 4 is 28.9 Å². The van der Waals surface area contributed by atoms with Gasteiger partial charge in [0.05, 0.1) is 24.6 Å². The minimum absolute atomic E-state index is 0.0459. The first kappa shape index (κ1) is 35.2. The van der Waals surface area contributed by atoms with Crippen molar-refractivity contribution in [1.29, 1.82) is 0 Å². The van der Waals surface area contributed by atoms with Crippen molar-refractivity contribution in [2.45, 2.75) is 119 Å². The van der Waals surface area contributed by atoms with Gasteiger partial charge in [-0.1, -0.05) is 138 Å². The molecule has 3 aromatic carbocycles. The Bertz CT molecular complexity index is 1470. The first-order chi connectivity index (χ1) is 21.7. The summed E-state index contributed by atoms with van der Waals surface area (Å²) in [6, 6.07) is 19.5. The van der Waals surface area contributed by atoms with E-state index in [1.54, 1.807) is 0 Å². The minimum atomic E-state index is -0.0459. The van der Waals surface area contributed by atoms with E-state index in [9.17, 15) is 4.79 Å². The van der Waals surface area contributed by atoms with E-state index in [1.807, 2.05) is 5.01 Å². The van der Waals surface area contributed by atoms with Gasteiger partial charge in [0.15, 0.2) is 0 Å². The molecule has 6 heteroatoms. The number of hydrogen-bond acceptors (Lipinski definition) is 3. The molecule has 248 valence electrons. The van der Waals surface area contributed by atoms with Crippen LogP contribution in [0.5, 0.6) is 0 Å². The van der Waals surface area contributed by atoms with Gasteiger partial charge in [0.2, 0.25) is 11.9 Å². The molecule has 1 aliphatic heterocycles. The summed E-state index contributed by atoms with van der Waals surface area (Å²) < 4.78 is 0. The van der Waals surface area contributed by atoms with Crippen LogP contribution in [-0.2, 0) is 4.79 Å². The van der Waals surface area contributed by atoms with Crippen LogP contribution in [0.15, 0.2) is 59.6 Å². The predicted molar refractivity (Wildman–Crippen MR) is 197 cm³/mol. The number of hydrogen-bond donors (Lipinski definition) is 2. The molecule has 2 N–H and O–H groups in total. The summed E-state index contributed by atoms with van der Waals surface area (Å²) in [5.41, 5.74) is 14.1. The number of guanidine groups is 1. The SMILES string of the molecule is CC(C)c1cccc(C(C)C)c1N=C1NN(CC(=O)Nc2c(C(C)C)cccc2C(C)C)CN1c1c(C(C)C)cccc1C(C)C. The summed E-state index contributed by atoms with van der Waals surface area (Å²) in [7, 11) is 0. The first-order valence-electron chi connectivity index (χ1n) is 17.3. The molecule has 0 saturated carbocycles. The highest BCUT2D eigenvalue weighted by molar-refractivity contribution is 6.01. The van der Waals surface area contributed by atoms with Crippen LogP contribution in [0.2, 0.25) is 0 Å². The average molecular weight is 624 g/mol. The van der Waals surface area contributed by atoms with E-state index < -0.39 is 0 Å². The standard InChI is InChI=1S/C40H57N5O/c1-24(2)30-16-13-17-31(25(3)4)37(30)41-36(46)22-44-23-45(39-34(28(9)10)20-15-21-35(39)29(11)12)40(43-44)42-38-32(26(5)6)18-14-19-33(38)27(7)8/h13-21,24-29H,22-23H2,1-12H3,(H,41,46)(H,42,43). The third-order valence-electron chi connectivity index (χ3n) is 8.97. The van der Waals surface area contributed by atoms with E-state index in [0.717, 1.165) is 28.5 Å². The van der Waals surface area contributed by atoms with Crippen molar-refractivity contribution < 1.29 is 4.79 Å². The maximum Gasteiger partial charge on any atom is 0.240 e. The summed E-state index contributed by atoms with van der Waals surface area (Å²) >= 11 is 0. The Morgan fingerprint density at radius 1 is 0.652 bits per heavy atom. The molecule has 1 fully saturated rings. The van der Waals surface area contributed by atoms with Crippen molar-refractivity contribution in [1.82, 2.24) is 10.4 Å². The van der Waals surface area contributed by atoms with E-state index in [1.165, 1.54) is 27.9 Å². The van der Waals surface area contributed by atoms with E-state index in [0.29, 0.717) is 42.2 Å². The highest BCUT2D eigenvalue weighted by atomic mass is 16.2. The first-order valence-corrected chi connectivity index (χ1v) is 17.3. The fourth-order valence-corrected chi connectivity index (χ4v) is 6.44. The van der Waals surface area contributed by atoms with Crippen LogP contribution in [0.1, 0.15) is 152 Å². The van der Waals surface area contributed by atoms with Crippen LogP contribution in [0.25, 0.3) is 0 Å². The van der Waals surface area contributed by atoms with Gasteiger partial charge in [0, 0.05) is 5.69 Å². The maximum atomic E-state index is 13.8. The number of anilines is 2. The summed E-state index contributed by atoms with van der Waals surface area (Å²) in [5.74, 6) is 2.59. The lowest BCUT2D eigenvalue weighted by atomic mass is 9.92. The van der Waals surface area contributed by atoms with Gasteiger partial charge in [0.1, 0.15) is 0 Å². The smallest absolute Gasteiger partial charge is 0.240 e. The molecule has 0 atom stereocenters. The number of nitrogens with one attached hydrogen (secondary N) is 2. The summed E-state index contributed by atoms with van der Waals surface area (Å²) in [5, 5.41) is 5.31. The third-order valence-corrected chi connectivity index (χ3v) is 8.97. The summed E-state index contributed by atoms with van der Waals surface area (Å²) in [4.78, 5) is 21.5. The molecule has 0 radical (unpaired) electrons. The molecule has 6 nitrogen and oxygen atoms in total. The van der Waals surface area contributed by atoms with E-state index in [4.69, 9.17) is 4.99 Å². The molecule has 0 spiro atoms. The van der Waals surface area contributed by atoms with Crippen molar-refractivity contribution in [2.75, 3.05) is 23.4 Å². The largest absolute Gasteiger partial charge is 0.324 e. The number of carbonyl (C=O) groups is 1. The van der Waals surface area contributed by atoms with Gasteiger partial charge in [-0.25, -0.2) is 4.99 Å². The molecule has 0 aliphatic carbocycles. The second kappa shape index (κ2) is 14.8. The maximum absolute atomic E-state index is 13.8. The molecule has 1 amide bonds. The topological polar surface area (TPSA) is 60.0 Å². The number of hydrazine groups is 1. The Hall–Kier alpha value is -3.64. The van der Waals surface area contributed by atoms with Crippen molar-refractivity contribution in [3.63, 3.8) is 0 Å². The molecule has 4 rings (SSSR count). The number of para-hydroxylation sites is 3. The lowest BCUT2D eigenvalue weighted by molar-refractivity contribution is -0.117. The van der Waals surface area contributed by atoms with Crippen LogP contribution in [-0.4, -0.2) is 30.1 Å². The number of aliphatic imine (C=N–C) groups is 1. The van der Waals surface area contributed by atoms with Crippen molar-refractivity contribution in [3.05, 3.63) is 88.0 Å². The van der Waals surface area contributed by atoms with Gasteiger partial charge in [-0.05, 0) is 68.9 Å². The minimum Gasteiger partial charge on any atom is -0.324 e. The normalized spacial score (nSPS) is 15.0. The molecule has 46 heavy (non-hydrogen) atoms. The van der Waals surface area contributed by atoms with Gasteiger partial charge in [-0.2, -0.15) is 5.01 Å². The zero-order chi connectivity index (χ0) is 33.9. The number of benzene rings is 3. The molecule has 1 aliphatic rings. The Morgan fingerprint density at radius 2 is 1.04 bits per heavy atom. The fourth-order valence-electron chi connectivity index (χ4n) is 6.44. The van der Waals surface area contributed by atoms with Crippen LogP contribution in [0.4, 0.5) is 17.1 Å². The quantitative estimate of drug-likeness (QED) is 0.223. The predicted octanol–water partition coefficient (Wildman–Crippen LogP) is 10.3. The second-order valence-electron chi connectivity index (χ2n) is 14.7. The Balaban J connectivity index is 1.81. The Morgan fingerprint density at radius 3 is 1.46 bits per heavy atom. The Labute approximate surface area is 278 Å². The monoisotopic (exact) mass is 623 g/mol. The average Bonchev–Trinajstić information content (AvgIpc) is 3.37. The molecular formula is C40H57N5O. The van der Waals surface area contributed by atoms with Gasteiger partial charge < -0.3 is 5.32 Å².